The van der Waals surface area contributed by atoms with Gasteiger partial charge in [0.25, 0.3) is 15.9 Å². The fourth-order valence-electron chi connectivity index (χ4n) is 3.34. The molecule has 0 unspecified atom stereocenters. The lowest BCUT2D eigenvalue weighted by Crippen LogP contribution is -2.29. The predicted molar refractivity (Wildman–Crippen MR) is 104 cm³/mol. The number of hydrogen-bond donors (Lipinski definition) is 2. The van der Waals surface area contributed by atoms with Crippen LogP contribution in [0.5, 0.6) is 5.75 Å². The molecule has 0 aromatic heterocycles. The summed E-state index contributed by atoms with van der Waals surface area (Å²) in [5.74, 6) is 0.151. The Morgan fingerprint density at radius 2 is 1.74 bits per heavy atom. The second kappa shape index (κ2) is 7.11. The fraction of sp³-hybridized carbons (Fsp3) is 0.316. The van der Waals surface area contributed by atoms with Crippen molar-refractivity contribution in [2.75, 3.05) is 34.6 Å². The van der Waals surface area contributed by atoms with Gasteiger partial charge in [-0.15, -0.1) is 0 Å². The molecule has 1 saturated heterocycles. The first-order valence-electron chi connectivity index (χ1n) is 8.96. The molecule has 27 heavy (non-hydrogen) atoms. The van der Waals surface area contributed by atoms with E-state index in [1.165, 1.54) is 31.4 Å². The molecule has 7 nitrogen and oxygen atoms in total. The van der Waals surface area contributed by atoms with E-state index in [4.69, 9.17) is 4.74 Å². The second-order valence-corrected chi connectivity index (χ2v) is 8.38. The van der Waals surface area contributed by atoms with Gasteiger partial charge in [0, 0.05) is 24.5 Å². The van der Waals surface area contributed by atoms with Gasteiger partial charge in [0.1, 0.15) is 5.75 Å². The van der Waals surface area contributed by atoms with E-state index in [9.17, 15) is 13.2 Å². The standard InChI is InChI=1S/C19H21N3O4S/c23-19-13-26-18-9-8-16(12-17(18)20-19)27(24,25)21-14-4-6-15(7-5-14)22-10-2-1-3-11-22/h4-9,12,21H,1-3,10-11,13H2,(H,20,23). The van der Waals surface area contributed by atoms with Gasteiger partial charge in [-0.25, -0.2) is 8.42 Å². The van der Waals surface area contributed by atoms with Gasteiger partial charge in [0.15, 0.2) is 6.61 Å². The summed E-state index contributed by atoms with van der Waals surface area (Å²) in [6.45, 7) is 2.00. The van der Waals surface area contributed by atoms with Crippen molar-refractivity contribution in [1.29, 1.82) is 0 Å². The van der Waals surface area contributed by atoms with Crippen LogP contribution in [0.15, 0.2) is 47.4 Å². The summed E-state index contributed by atoms with van der Waals surface area (Å²) in [5, 5.41) is 2.62. The van der Waals surface area contributed by atoms with E-state index < -0.39 is 10.0 Å². The molecule has 8 heteroatoms. The van der Waals surface area contributed by atoms with Crippen LogP contribution in [0.1, 0.15) is 19.3 Å². The van der Waals surface area contributed by atoms with E-state index in [0.29, 0.717) is 17.1 Å². The van der Waals surface area contributed by atoms with Gasteiger partial charge in [-0.1, -0.05) is 0 Å². The van der Waals surface area contributed by atoms with Crippen molar-refractivity contribution in [3.05, 3.63) is 42.5 Å². The first-order valence-corrected chi connectivity index (χ1v) is 10.4. The van der Waals surface area contributed by atoms with E-state index in [1.807, 2.05) is 12.1 Å². The predicted octanol–water partition coefficient (Wildman–Crippen LogP) is 2.81. The zero-order valence-electron chi connectivity index (χ0n) is 14.8. The van der Waals surface area contributed by atoms with Crippen LogP contribution in [0.4, 0.5) is 17.1 Å². The Hall–Kier alpha value is -2.74. The molecule has 2 aliphatic rings. The van der Waals surface area contributed by atoms with E-state index in [-0.39, 0.29) is 17.4 Å². The van der Waals surface area contributed by atoms with Crippen molar-refractivity contribution in [2.45, 2.75) is 24.2 Å². The van der Waals surface area contributed by atoms with Crippen LogP contribution in [-0.4, -0.2) is 34.0 Å². The third-order valence-electron chi connectivity index (χ3n) is 4.73. The number of carbonyl (C=O) groups is 1. The first kappa shape index (κ1) is 17.7. The summed E-state index contributed by atoms with van der Waals surface area (Å²) < 4.78 is 33.2. The summed E-state index contributed by atoms with van der Waals surface area (Å²) in [5.41, 5.74) is 1.95. The number of benzene rings is 2. The highest BCUT2D eigenvalue weighted by Gasteiger charge is 2.21. The summed E-state index contributed by atoms with van der Waals surface area (Å²) in [4.78, 5) is 13.8. The van der Waals surface area contributed by atoms with Crippen molar-refractivity contribution in [2.24, 2.45) is 0 Å². The number of fused-ring (bicyclic) bond motifs is 1. The molecule has 0 atom stereocenters. The Bertz CT molecular complexity index is 951. The van der Waals surface area contributed by atoms with Crippen molar-refractivity contribution < 1.29 is 17.9 Å². The lowest BCUT2D eigenvalue weighted by Gasteiger charge is -2.28. The number of rotatable bonds is 4. The average molecular weight is 387 g/mol. The molecule has 0 radical (unpaired) electrons. The van der Waals surface area contributed by atoms with E-state index in [2.05, 4.69) is 14.9 Å². The average Bonchev–Trinajstić information content (AvgIpc) is 2.68. The molecule has 2 heterocycles. The molecule has 0 aliphatic carbocycles. The SMILES string of the molecule is O=C1COc2ccc(S(=O)(=O)Nc3ccc(N4CCCCC4)cc3)cc2N1. The molecule has 1 fully saturated rings. The third-order valence-corrected chi connectivity index (χ3v) is 6.11. The highest BCUT2D eigenvalue weighted by molar-refractivity contribution is 7.92. The molecule has 0 bridgehead atoms. The topological polar surface area (TPSA) is 87.7 Å². The number of nitrogens with one attached hydrogen (secondary N) is 2. The minimum Gasteiger partial charge on any atom is -0.482 e. The normalized spacial score (nSPS) is 16.9. The molecule has 0 saturated carbocycles. The Labute approximate surface area is 158 Å². The third kappa shape index (κ3) is 3.85. The highest BCUT2D eigenvalue weighted by Crippen LogP contribution is 2.31. The van der Waals surface area contributed by atoms with Crippen LogP contribution in [-0.2, 0) is 14.8 Å². The Balaban J connectivity index is 1.51. The van der Waals surface area contributed by atoms with E-state index >= 15 is 0 Å². The lowest BCUT2D eigenvalue weighted by atomic mass is 10.1. The zero-order chi connectivity index (χ0) is 18.9. The quantitative estimate of drug-likeness (QED) is 0.842. The maximum atomic E-state index is 12.7. The van der Waals surface area contributed by atoms with E-state index in [0.717, 1.165) is 18.8 Å². The monoisotopic (exact) mass is 387 g/mol. The molecular formula is C19H21N3O4S. The molecule has 4 rings (SSSR count). The van der Waals surface area contributed by atoms with Gasteiger partial charge in [-0.2, -0.15) is 0 Å². The summed E-state index contributed by atoms with van der Waals surface area (Å²) in [6.07, 6.45) is 3.64. The molecule has 2 aliphatic heterocycles. The zero-order valence-corrected chi connectivity index (χ0v) is 15.6. The van der Waals surface area contributed by atoms with Crippen LogP contribution in [0.25, 0.3) is 0 Å². The fourth-order valence-corrected chi connectivity index (χ4v) is 4.42. The van der Waals surface area contributed by atoms with Gasteiger partial charge in [0.2, 0.25) is 0 Å². The number of sulfonamides is 1. The number of nitrogens with zero attached hydrogens (tertiary/aromatic N) is 1. The van der Waals surface area contributed by atoms with Gasteiger partial charge >= 0.3 is 0 Å². The minimum atomic E-state index is -3.77. The number of anilines is 3. The van der Waals surface area contributed by atoms with Crippen LogP contribution in [0, 0.1) is 0 Å². The largest absolute Gasteiger partial charge is 0.482 e. The molecule has 1 amide bonds. The Morgan fingerprint density at radius 1 is 1.00 bits per heavy atom. The number of hydrogen-bond acceptors (Lipinski definition) is 5. The van der Waals surface area contributed by atoms with E-state index in [1.54, 1.807) is 18.2 Å². The maximum Gasteiger partial charge on any atom is 0.262 e. The molecular weight excluding hydrogens is 366 g/mol. The van der Waals surface area contributed by atoms with Crippen molar-refractivity contribution >= 4 is 33.0 Å². The first-order chi connectivity index (χ1) is 13.0. The van der Waals surface area contributed by atoms with Crippen LogP contribution >= 0.6 is 0 Å². The Morgan fingerprint density at radius 3 is 2.48 bits per heavy atom. The van der Waals surface area contributed by atoms with Crippen molar-refractivity contribution in [1.82, 2.24) is 0 Å². The van der Waals surface area contributed by atoms with Gasteiger partial charge < -0.3 is 15.0 Å². The Kier molecular flexibility index (Phi) is 4.65. The number of carbonyl (C=O) groups excluding carboxylic acids is 1. The number of amides is 1. The van der Waals surface area contributed by atoms with Crippen LogP contribution in [0.3, 0.4) is 0 Å². The van der Waals surface area contributed by atoms with Crippen LogP contribution < -0.4 is 19.7 Å². The summed E-state index contributed by atoms with van der Waals surface area (Å²) >= 11 is 0. The number of ether oxygens (including phenoxy) is 1. The molecule has 142 valence electrons. The molecule has 2 N–H and O–H groups in total. The maximum absolute atomic E-state index is 12.7. The smallest absolute Gasteiger partial charge is 0.262 e. The van der Waals surface area contributed by atoms with Gasteiger partial charge in [-0.3, -0.25) is 9.52 Å². The second-order valence-electron chi connectivity index (χ2n) is 6.69. The minimum absolute atomic E-state index is 0.0622. The summed E-state index contributed by atoms with van der Waals surface area (Å²) in [7, 11) is -3.77. The number of piperidine rings is 1. The van der Waals surface area contributed by atoms with Crippen molar-refractivity contribution in [3.63, 3.8) is 0 Å². The lowest BCUT2D eigenvalue weighted by molar-refractivity contribution is -0.118. The van der Waals surface area contributed by atoms with Crippen molar-refractivity contribution in [3.8, 4) is 5.75 Å². The molecule has 0 spiro atoms. The summed E-state index contributed by atoms with van der Waals surface area (Å²) in [6, 6.07) is 11.8. The molecule has 2 aromatic carbocycles. The van der Waals surface area contributed by atoms with Crippen LogP contribution in [0.2, 0.25) is 0 Å². The highest BCUT2D eigenvalue weighted by atomic mass is 32.2. The van der Waals surface area contributed by atoms with Gasteiger partial charge in [-0.05, 0) is 61.7 Å². The van der Waals surface area contributed by atoms with Gasteiger partial charge in [0.05, 0.1) is 10.6 Å². The molecule has 2 aromatic rings.